The fourth-order valence-electron chi connectivity index (χ4n) is 2.37. The zero-order valence-corrected chi connectivity index (χ0v) is 11.4. The average Bonchev–Trinajstić information content (AvgIpc) is 2.27. The van der Waals surface area contributed by atoms with E-state index in [1.54, 1.807) is 0 Å². The van der Waals surface area contributed by atoms with Crippen LogP contribution in [0.2, 0.25) is 0 Å². The number of aliphatic hydroxyl groups is 1. The maximum atomic E-state index is 10.2. The molecule has 2 heteroatoms. The van der Waals surface area contributed by atoms with Crippen molar-refractivity contribution in [2.45, 2.75) is 71.4 Å². The van der Waals surface area contributed by atoms with Crippen LogP contribution in [0.4, 0.5) is 0 Å². The fourth-order valence-corrected chi connectivity index (χ4v) is 2.37. The largest absolute Gasteiger partial charge is 0.389 e. The summed E-state index contributed by atoms with van der Waals surface area (Å²) in [6.45, 7) is 9.06. The number of rotatable bonds is 5. The summed E-state index contributed by atoms with van der Waals surface area (Å²) in [5.41, 5.74) is -0.580. The Labute approximate surface area is 101 Å². The molecule has 1 saturated carbocycles. The molecule has 0 amide bonds. The third-order valence-corrected chi connectivity index (χ3v) is 4.38. The van der Waals surface area contributed by atoms with Crippen LogP contribution >= 0.6 is 0 Å². The van der Waals surface area contributed by atoms with E-state index in [0.717, 1.165) is 5.92 Å². The van der Waals surface area contributed by atoms with E-state index in [4.69, 9.17) is 0 Å². The standard InChI is InChI=1S/C14H29NO/c1-11(2)14(4,16)10-15-12(3)13-8-6-5-7-9-13/h11-13,15-16H,5-10H2,1-4H3/t12-,14?/m0/s1. The van der Waals surface area contributed by atoms with Gasteiger partial charge in [0.05, 0.1) is 5.60 Å². The summed E-state index contributed by atoms with van der Waals surface area (Å²) >= 11 is 0. The minimum Gasteiger partial charge on any atom is -0.389 e. The van der Waals surface area contributed by atoms with Crippen LogP contribution in [0.15, 0.2) is 0 Å². The molecule has 1 aliphatic rings. The molecule has 16 heavy (non-hydrogen) atoms. The van der Waals surface area contributed by atoms with Crippen LogP contribution in [-0.4, -0.2) is 23.3 Å². The van der Waals surface area contributed by atoms with Gasteiger partial charge in [-0.2, -0.15) is 0 Å². The first-order valence-electron chi connectivity index (χ1n) is 6.89. The van der Waals surface area contributed by atoms with Gasteiger partial charge in [0.25, 0.3) is 0 Å². The first kappa shape index (κ1) is 14.0. The third kappa shape index (κ3) is 4.06. The van der Waals surface area contributed by atoms with Gasteiger partial charge in [-0.3, -0.25) is 0 Å². The zero-order chi connectivity index (χ0) is 12.2. The summed E-state index contributed by atoms with van der Waals surface area (Å²) in [5.74, 6) is 1.12. The van der Waals surface area contributed by atoms with Crippen molar-refractivity contribution in [1.82, 2.24) is 5.32 Å². The van der Waals surface area contributed by atoms with Crippen molar-refractivity contribution in [3.05, 3.63) is 0 Å². The molecule has 0 spiro atoms. The molecule has 0 aliphatic heterocycles. The quantitative estimate of drug-likeness (QED) is 0.757. The highest BCUT2D eigenvalue weighted by Gasteiger charge is 2.27. The first-order valence-corrected chi connectivity index (χ1v) is 6.89. The summed E-state index contributed by atoms with van der Waals surface area (Å²) < 4.78 is 0. The Morgan fingerprint density at radius 3 is 2.25 bits per heavy atom. The van der Waals surface area contributed by atoms with E-state index in [1.807, 2.05) is 6.92 Å². The molecule has 0 radical (unpaired) electrons. The lowest BCUT2D eigenvalue weighted by Gasteiger charge is -2.33. The average molecular weight is 227 g/mol. The molecular weight excluding hydrogens is 198 g/mol. The lowest BCUT2D eigenvalue weighted by molar-refractivity contribution is 0.00998. The van der Waals surface area contributed by atoms with Gasteiger partial charge in [-0.05, 0) is 38.5 Å². The Morgan fingerprint density at radius 1 is 1.19 bits per heavy atom. The molecule has 0 saturated heterocycles. The molecule has 96 valence electrons. The van der Waals surface area contributed by atoms with Crippen molar-refractivity contribution in [2.75, 3.05) is 6.54 Å². The monoisotopic (exact) mass is 227 g/mol. The minimum atomic E-state index is -0.580. The van der Waals surface area contributed by atoms with Crippen molar-refractivity contribution < 1.29 is 5.11 Å². The molecular formula is C14H29NO. The lowest BCUT2D eigenvalue weighted by atomic mass is 9.84. The number of nitrogens with one attached hydrogen (secondary N) is 1. The Morgan fingerprint density at radius 2 is 1.75 bits per heavy atom. The van der Waals surface area contributed by atoms with Crippen LogP contribution in [-0.2, 0) is 0 Å². The van der Waals surface area contributed by atoms with Crippen LogP contribution in [0.1, 0.15) is 59.8 Å². The van der Waals surface area contributed by atoms with Crippen LogP contribution in [0, 0.1) is 11.8 Å². The normalized spacial score (nSPS) is 24.4. The summed E-state index contributed by atoms with van der Waals surface area (Å²) in [7, 11) is 0. The van der Waals surface area contributed by atoms with E-state index < -0.39 is 5.60 Å². The topological polar surface area (TPSA) is 32.3 Å². The molecule has 2 atom stereocenters. The van der Waals surface area contributed by atoms with E-state index in [9.17, 15) is 5.11 Å². The van der Waals surface area contributed by atoms with Crippen molar-refractivity contribution in [3.8, 4) is 0 Å². The maximum Gasteiger partial charge on any atom is 0.0766 e. The molecule has 1 rings (SSSR count). The highest BCUT2D eigenvalue weighted by molar-refractivity contribution is 4.83. The van der Waals surface area contributed by atoms with Crippen molar-refractivity contribution in [1.29, 1.82) is 0 Å². The predicted molar refractivity (Wildman–Crippen MR) is 69.5 cm³/mol. The Bertz CT molecular complexity index is 195. The highest BCUT2D eigenvalue weighted by Crippen LogP contribution is 2.26. The van der Waals surface area contributed by atoms with Crippen LogP contribution in [0.5, 0.6) is 0 Å². The summed E-state index contributed by atoms with van der Waals surface area (Å²) in [5, 5.41) is 13.7. The van der Waals surface area contributed by atoms with Crippen LogP contribution in [0.25, 0.3) is 0 Å². The second kappa shape index (κ2) is 6.02. The minimum absolute atomic E-state index is 0.304. The molecule has 1 fully saturated rings. The second-order valence-corrected chi connectivity index (χ2v) is 6.08. The SMILES string of the molecule is CC(C)C(C)(O)CN[C@@H](C)C1CCCCC1. The zero-order valence-electron chi connectivity index (χ0n) is 11.4. The van der Waals surface area contributed by atoms with E-state index in [-0.39, 0.29) is 0 Å². The van der Waals surface area contributed by atoms with E-state index in [0.29, 0.717) is 18.5 Å². The van der Waals surface area contributed by atoms with Gasteiger partial charge in [-0.25, -0.2) is 0 Å². The first-order chi connectivity index (χ1) is 7.43. The van der Waals surface area contributed by atoms with E-state index >= 15 is 0 Å². The van der Waals surface area contributed by atoms with Crippen LogP contribution in [0.3, 0.4) is 0 Å². The summed E-state index contributed by atoms with van der Waals surface area (Å²) in [6.07, 6.45) is 6.90. The highest BCUT2D eigenvalue weighted by atomic mass is 16.3. The van der Waals surface area contributed by atoms with Gasteiger partial charge in [-0.15, -0.1) is 0 Å². The molecule has 2 nitrogen and oxygen atoms in total. The second-order valence-electron chi connectivity index (χ2n) is 6.08. The van der Waals surface area contributed by atoms with Crippen molar-refractivity contribution in [3.63, 3.8) is 0 Å². The fraction of sp³-hybridized carbons (Fsp3) is 1.00. The van der Waals surface area contributed by atoms with Gasteiger partial charge in [0, 0.05) is 12.6 Å². The van der Waals surface area contributed by atoms with E-state index in [2.05, 4.69) is 26.1 Å². The summed E-state index contributed by atoms with van der Waals surface area (Å²) in [6, 6.07) is 0.547. The predicted octanol–water partition coefficient (Wildman–Crippen LogP) is 2.95. The van der Waals surface area contributed by atoms with Gasteiger partial charge in [-0.1, -0.05) is 33.1 Å². The summed E-state index contributed by atoms with van der Waals surface area (Å²) in [4.78, 5) is 0. The van der Waals surface area contributed by atoms with Gasteiger partial charge >= 0.3 is 0 Å². The van der Waals surface area contributed by atoms with Gasteiger partial charge < -0.3 is 10.4 Å². The Kier molecular flexibility index (Phi) is 5.26. The maximum absolute atomic E-state index is 10.2. The van der Waals surface area contributed by atoms with Gasteiger partial charge in [0.2, 0.25) is 0 Å². The Hall–Kier alpha value is -0.0800. The third-order valence-electron chi connectivity index (χ3n) is 4.38. The molecule has 1 aliphatic carbocycles. The molecule has 2 N–H and O–H groups in total. The van der Waals surface area contributed by atoms with E-state index in [1.165, 1.54) is 32.1 Å². The molecule has 1 unspecified atom stereocenters. The van der Waals surface area contributed by atoms with Gasteiger partial charge in [0.1, 0.15) is 0 Å². The molecule has 0 bridgehead atoms. The Balaban J connectivity index is 2.31. The van der Waals surface area contributed by atoms with Crippen molar-refractivity contribution in [2.24, 2.45) is 11.8 Å². The molecule has 0 aromatic heterocycles. The van der Waals surface area contributed by atoms with Crippen LogP contribution < -0.4 is 5.32 Å². The smallest absolute Gasteiger partial charge is 0.0766 e. The molecule has 0 aromatic carbocycles. The molecule has 0 aromatic rings. The van der Waals surface area contributed by atoms with Crippen molar-refractivity contribution >= 4 is 0 Å². The van der Waals surface area contributed by atoms with Gasteiger partial charge in [0.15, 0.2) is 0 Å². The lowest BCUT2D eigenvalue weighted by Crippen LogP contribution is -2.47. The number of hydrogen-bond donors (Lipinski definition) is 2. The molecule has 0 heterocycles. The number of hydrogen-bond acceptors (Lipinski definition) is 2.